The molecule has 0 unspecified atom stereocenters. The topological polar surface area (TPSA) is 59.6 Å². The fraction of sp³-hybridized carbons (Fsp3) is 0.278. The Balaban J connectivity index is 1.64. The summed E-state index contributed by atoms with van der Waals surface area (Å²) < 4.78 is 11.8. The highest BCUT2D eigenvalue weighted by Gasteiger charge is 2.06. The summed E-state index contributed by atoms with van der Waals surface area (Å²) in [7, 11) is 1.61. The van der Waals surface area contributed by atoms with E-state index in [0.29, 0.717) is 19.7 Å². The normalized spacial score (nSPS) is 10.1. The maximum absolute atomic E-state index is 11.8. The van der Waals surface area contributed by atoms with Crippen LogP contribution in [-0.4, -0.2) is 26.3 Å². The number of hydrogen-bond acceptors (Lipinski definition) is 3. The molecule has 2 aromatic carbocycles. The van der Waals surface area contributed by atoms with Gasteiger partial charge in [0.15, 0.2) is 0 Å². The SMILES string of the molecule is COc1ccc(Br)cc1CNC(=O)NCCCOc1ccccc1. The van der Waals surface area contributed by atoms with Gasteiger partial charge in [0.05, 0.1) is 13.7 Å². The minimum Gasteiger partial charge on any atom is -0.496 e. The van der Waals surface area contributed by atoms with E-state index in [-0.39, 0.29) is 6.03 Å². The molecule has 0 saturated heterocycles. The third-order valence-corrected chi connectivity index (χ3v) is 3.79. The Morgan fingerprint density at radius 1 is 1.12 bits per heavy atom. The van der Waals surface area contributed by atoms with E-state index in [2.05, 4.69) is 26.6 Å². The van der Waals surface area contributed by atoms with Crippen LogP contribution in [0.1, 0.15) is 12.0 Å². The molecule has 2 N–H and O–H groups in total. The highest BCUT2D eigenvalue weighted by molar-refractivity contribution is 9.10. The first kappa shape index (κ1) is 18.1. The second-order valence-corrected chi connectivity index (χ2v) is 6.00. The monoisotopic (exact) mass is 392 g/mol. The molecule has 0 aliphatic rings. The Kier molecular flexibility index (Phi) is 7.42. The van der Waals surface area contributed by atoms with Gasteiger partial charge in [0.2, 0.25) is 0 Å². The first-order chi connectivity index (χ1) is 11.7. The number of halogens is 1. The number of hydrogen-bond donors (Lipinski definition) is 2. The Labute approximate surface area is 150 Å². The average Bonchev–Trinajstić information content (AvgIpc) is 2.60. The van der Waals surface area contributed by atoms with Gasteiger partial charge in [-0.25, -0.2) is 4.79 Å². The smallest absolute Gasteiger partial charge is 0.315 e. The molecule has 0 saturated carbocycles. The quantitative estimate of drug-likeness (QED) is 0.672. The van der Waals surface area contributed by atoms with Crippen molar-refractivity contribution in [3.05, 3.63) is 58.6 Å². The van der Waals surface area contributed by atoms with Crippen LogP contribution in [0.25, 0.3) is 0 Å². The third-order valence-electron chi connectivity index (χ3n) is 3.30. The number of carbonyl (C=O) groups is 1. The summed E-state index contributed by atoms with van der Waals surface area (Å²) in [6.07, 6.45) is 0.739. The van der Waals surface area contributed by atoms with E-state index in [4.69, 9.17) is 9.47 Å². The molecular formula is C18H21BrN2O3. The largest absolute Gasteiger partial charge is 0.496 e. The summed E-state index contributed by atoms with van der Waals surface area (Å²) >= 11 is 3.41. The minimum atomic E-state index is -0.211. The first-order valence-electron chi connectivity index (χ1n) is 7.71. The molecule has 0 atom stereocenters. The number of ether oxygens (including phenoxy) is 2. The van der Waals surface area contributed by atoms with Gasteiger partial charge in [-0.2, -0.15) is 0 Å². The summed E-state index contributed by atoms with van der Waals surface area (Å²) in [5.74, 6) is 1.58. The van der Waals surface area contributed by atoms with E-state index in [1.165, 1.54) is 0 Å². The van der Waals surface area contributed by atoms with Gasteiger partial charge in [-0.05, 0) is 36.8 Å². The zero-order valence-electron chi connectivity index (χ0n) is 13.5. The van der Waals surface area contributed by atoms with Crippen LogP contribution in [0.15, 0.2) is 53.0 Å². The van der Waals surface area contributed by atoms with Crippen LogP contribution >= 0.6 is 15.9 Å². The number of amides is 2. The molecule has 0 bridgehead atoms. The number of rotatable bonds is 8. The lowest BCUT2D eigenvalue weighted by molar-refractivity contribution is 0.238. The molecule has 5 nitrogen and oxygen atoms in total. The molecule has 0 spiro atoms. The van der Waals surface area contributed by atoms with Crippen molar-refractivity contribution in [1.29, 1.82) is 0 Å². The second kappa shape index (κ2) is 9.82. The van der Waals surface area contributed by atoms with Crippen molar-refractivity contribution < 1.29 is 14.3 Å². The highest BCUT2D eigenvalue weighted by atomic mass is 79.9. The van der Waals surface area contributed by atoms with E-state index >= 15 is 0 Å². The Bertz CT molecular complexity index is 650. The lowest BCUT2D eigenvalue weighted by atomic mass is 10.2. The molecule has 0 aromatic heterocycles. The molecular weight excluding hydrogens is 372 g/mol. The summed E-state index contributed by atoms with van der Waals surface area (Å²) in [6, 6.07) is 15.1. The van der Waals surface area contributed by atoms with Crippen LogP contribution in [0.2, 0.25) is 0 Å². The molecule has 0 aliphatic heterocycles. The van der Waals surface area contributed by atoms with Crippen molar-refractivity contribution in [3.63, 3.8) is 0 Å². The molecule has 2 rings (SSSR count). The molecule has 0 aliphatic carbocycles. The number of carbonyl (C=O) groups excluding carboxylic acids is 1. The molecule has 2 amide bonds. The van der Waals surface area contributed by atoms with E-state index in [1.54, 1.807) is 7.11 Å². The van der Waals surface area contributed by atoms with Crippen LogP contribution in [0.4, 0.5) is 4.79 Å². The fourth-order valence-electron chi connectivity index (χ4n) is 2.10. The zero-order chi connectivity index (χ0) is 17.2. The first-order valence-corrected chi connectivity index (χ1v) is 8.50. The standard InChI is InChI=1S/C18H21BrN2O3/c1-23-17-9-8-15(19)12-14(17)13-21-18(22)20-10-5-11-24-16-6-3-2-4-7-16/h2-4,6-9,12H,5,10-11,13H2,1H3,(H2,20,21,22). The number of nitrogens with one attached hydrogen (secondary N) is 2. The van der Waals surface area contributed by atoms with E-state index in [9.17, 15) is 4.79 Å². The van der Waals surface area contributed by atoms with Crippen LogP contribution in [0.5, 0.6) is 11.5 Å². The highest BCUT2D eigenvalue weighted by Crippen LogP contribution is 2.22. The second-order valence-electron chi connectivity index (χ2n) is 5.08. The molecule has 0 fully saturated rings. The Morgan fingerprint density at radius 2 is 1.92 bits per heavy atom. The molecule has 24 heavy (non-hydrogen) atoms. The summed E-state index contributed by atoms with van der Waals surface area (Å²) in [4.78, 5) is 11.8. The Hall–Kier alpha value is -2.21. The molecule has 2 aromatic rings. The van der Waals surface area contributed by atoms with Gasteiger partial charge in [-0.1, -0.05) is 34.1 Å². The van der Waals surface area contributed by atoms with Crippen molar-refractivity contribution >= 4 is 22.0 Å². The van der Waals surface area contributed by atoms with Crippen LogP contribution < -0.4 is 20.1 Å². The number of methoxy groups -OCH3 is 1. The molecule has 0 radical (unpaired) electrons. The average molecular weight is 393 g/mol. The van der Waals surface area contributed by atoms with Crippen molar-refractivity contribution in [3.8, 4) is 11.5 Å². The van der Waals surface area contributed by atoms with Gasteiger partial charge in [0.1, 0.15) is 11.5 Å². The van der Waals surface area contributed by atoms with Gasteiger partial charge >= 0.3 is 6.03 Å². The molecule has 0 heterocycles. The van der Waals surface area contributed by atoms with E-state index in [0.717, 1.165) is 28.0 Å². The third kappa shape index (κ3) is 6.12. The van der Waals surface area contributed by atoms with Gasteiger partial charge in [0.25, 0.3) is 0 Å². The number of para-hydroxylation sites is 1. The van der Waals surface area contributed by atoms with Crippen LogP contribution in [0, 0.1) is 0 Å². The Morgan fingerprint density at radius 3 is 2.67 bits per heavy atom. The molecule has 6 heteroatoms. The summed E-state index contributed by atoms with van der Waals surface area (Å²) in [5, 5.41) is 5.63. The zero-order valence-corrected chi connectivity index (χ0v) is 15.1. The summed E-state index contributed by atoms with van der Waals surface area (Å²) in [5.41, 5.74) is 0.912. The lowest BCUT2D eigenvalue weighted by Gasteiger charge is -2.11. The van der Waals surface area contributed by atoms with E-state index in [1.807, 2.05) is 48.5 Å². The van der Waals surface area contributed by atoms with Gasteiger partial charge in [-0.15, -0.1) is 0 Å². The predicted octanol–water partition coefficient (Wildman–Crippen LogP) is 3.73. The van der Waals surface area contributed by atoms with Crippen molar-refractivity contribution in [2.75, 3.05) is 20.3 Å². The van der Waals surface area contributed by atoms with Crippen molar-refractivity contribution in [2.24, 2.45) is 0 Å². The van der Waals surface area contributed by atoms with Crippen molar-refractivity contribution in [2.45, 2.75) is 13.0 Å². The minimum absolute atomic E-state index is 0.211. The maximum Gasteiger partial charge on any atom is 0.315 e. The molecule has 128 valence electrons. The van der Waals surface area contributed by atoms with Gasteiger partial charge < -0.3 is 20.1 Å². The van der Waals surface area contributed by atoms with Crippen LogP contribution in [0.3, 0.4) is 0 Å². The lowest BCUT2D eigenvalue weighted by Crippen LogP contribution is -2.36. The van der Waals surface area contributed by atoms with Crippen molar-refractivity contribution in [1.82, 2.24) is 10.6 Å². The van der Waals surface area contributed by atoms with Crippen LogP contribution in [-0.2, 0) is 6.54 Å². The maximum atomic E-state index is 11.8. The predicted molar refractivity (Wildman–Crippen MR) is 97.5 cm³/mol. The number of urea groups is 1. The summed E-state index contributed by atoms with van der Waals surface area (Å²) in [6.45, 7) is 1.51. The van der Waals surface area contributed by atoms with Gasteiger partial charge in [-0.3, -0.25) is 0 Å². The fourth-order valence-corrected chi connectivity index (χ4v) is 2.51. The van der Waals surface area contributed by atoms with E-state index < -0.39 is 0 Å². The number of benzene rings is 2. The van der Waals surface area contributed by atoms with Gasteiger partial charge in [0, 0.05) is 23.1 Å².